The first-order chi connectivity index (χ1) is 13.9. The van der Waals surface area contributed by atoms with Gasteiger partial charge in [0.1, 0.15) is 5.54 Å². The van der Waals surface area contributed by atoms with Crippen LogP contribution in [0.3, 0.4) is 0 Å². The number of carbonyl (C=O) groups excluding carboxylic acids is 3. The summed E-state index contributed by atoms with van der Waals surface area (Å²) in [5.74, 6) is -0.103. The first kappa shape index (κ1) is 19.4. The van der Waals surface area contributed by atoms with Crippen LogP contribution in [0.2, 0.25) is 0 Å². The summed E-state index contributed by atoms with van der Waals surface area (Å²) in [5, 5.41) is 11.6. The normalized spacial score (nSPS) is 21.3. The average Bonchev–Trinajstić information content (AvgIpc) is 3.42. The predicted molar refractivity (Wildman–Crippen MR) is 104 cm³/mol. The SMILES string of the molecule is CC1(CCc2ccccc2)NC(=O)N(NC(=O)CSc2nnc(C3CC3)o2)C1=O. The van der Waals surface area contributed by atoms with Gasteiger partial charge < -0.3 is 9.73 Å². The molecule has 2 heterocycles. The maximum atomic E-state index is 12.7. The molecule has 152 valence electrons. The molecule has 1 saturated carbocycles. The summed E-state index contributed by atoms with van der Waals surface area (Å²) >= 11 is 1.07. The van der Waals surface area contributed by atoms with E-state index in [9.17, 15) is 14.4 Å². The number of nitrogens with zero attached hydrogens (tertiary/aromatic N) is 3. The van der Waals surface area contributed by atoms with Gasteiger partial charge in [-0.2, -0.15) is 5.01 Å². The third kappa shape index (κ3) is 4.42. The molecule has 0 spiro atoms. The number of benzene rings is 1. The molecule has 1 aliphatic heterocycles. The monoisotopic (exact) mass is 415 g/mol. The highest BCUT2D eigenvalue weighted by atomic mass is 32.2. The fraction of sp³-hybridized carbons (Fsp3) is 0.421. The number of urea groups is 1. The highest BCUT2D eigenvalue weighted by molar-refractivity contribution is 7.99. The van der Waals surface area contributed by atoms with E-state index in [0.717, 1.165) is 35.2 Å². The van der Waals surface area contributed by atoms with Gasteiger partial charge in [0, 0.05) is 5.92 Å². The van der Waals surface area contributed by atoms with Gasteiger partial charge in [-0.25, -0.2) is 4.79 Å². The summed E-state index contributed by atoms with van der Waals surface area (Å²) < 4.78 is 5.48. The molecule has 2 aliphatic rings. The third-order valence-electron chi connectivity index (χ3n) is 4.93. The molecule has 4 amide bonds. The van der Waals surface area contributed by atoms with Crippen LogP contribution < -0.4 is 10.7 Å². The van der Waals surface area contributed by atoms with E-state index in [0.29, 0.717) is 29.9 Å². The Bertz CT molecular complexity index is 930. The minimum atomic E-state index is -1.07. The van der Waals surface area contributed by atoms with Crippen LogP contribution in [0.1, 0.15) is 43.6 Å². The van der Waals surface area contributed by atoms with Crippen molar-refractivity contribution in [2.24, 2.45) is 0 Å². The Morgan fingerprint density at radius 2 is 2.07 bits per heavy atom. The van der Waals surface area contributed by atoms with E-state index in [1.165, 1.54) is 0 Å². The molecule has 1 aromatic heterocycles. The summed E-state index contributed by atoms with van der Waals surface area (Å²) in [6.07, 6.45) is 3.14. The molecule has 2 aromatic rings. The Labute approximate surface area is 171 Å². The number of aromatic nitrogens is 2. The standard InChI is InChI=1S/C19H21N5O4S/c1-19(10-9-12-5-3-2-4-6-12)16(26)24(17(27)20-19)23-14(25)11-29-18-22-21-15(28-18)13-7-8-13/h2-6,13H,7-11H2,1H3,(H,20,27)(H,23,25). The third-order valence-corrected chi connectivity index (χ3v) is 5.75. The van der Waals surface area contributed by atoms with E-state index >= 15 is 0 Å². The number of thioether (sulfide) groups is 1. The lowest BCUT2D eigenvalue weighted by Gasteiger charge is -2.21. The molecular weight excluding hydrogens is 394 g/mol. The zero-order valence-electron chi connectivity index (χ0n) is 15.9. The minimum Gasteiger partial charge on any atom is -0.416 e. The zero-order chi connectivity index (χ0) is 20.4. The van der Waals surface area contributed by atoms with Crippen LogP contribution in [-0.2, 0) is 16.0 Å². The van der Waals surface area contributed by atoms with Gasteiger partial charge in [0.05, 0.1) is 5.75 Å². The van der Waals surface area contributed by atoms with Crippen molar-refractivity contribution in [2.45, 2.75) is 49.3 Å². The lowest BCUT2D eigenvalue weighted by atomic mass is 9.93. The van der Waals surface area contributed by atoms with Crippen molar-refractivity contribution >= 4 is 29.6 Å². The van der Waals surface area contributed by atoms with Crippen LogP contribution in [0.15, 0.2) is 40.0 Å². The minimum absolute atomic E-state index is 0.0515. The lowest BCUT2D eigenvalue weighted by molar-refractivity contribution is -0.138. The molecule has 1 aromatic carbocycles. The highest BCUT2D eigenvalue weighted by Crippen LogP contribution is 2.39. The van der Waals surface area contributed by atoms with Crippen molar-refractivity contribution in [2.75, 3.05) is 5.75 Å². The predicted octanol–water partition coefficient (Wildman–Crippen LogP) is 2.01. The molecule has 1 aliphatic carbocycles. The summed E-state index contributed by atoms with van der Waals surface area (Å²) in [7, 11) is 0. The van der Waals surface area contributed by atoms with E-state index in [1.54, 1.807) is 6.92 Å². The van der Waals surface area contributed by atoms with Gasteiger partial charge in [0.15, 0.2) is 0 Å². The highest BCUT2D eigenvalue weighted by Gasteiger charge is 2.48. The molecular formula is C19H21N5O4S. The van der Waals surface area contributed by atoms with Crippen LogP contribution in [0.25, 0.3) is 0 Å². The topological polar surface area (TPSA) is 117 Å². The summed E-state index contributed by atoms with van der Waals surface area (Å²) in [6, 6.07) is 9.06. The first-order valence-corrected chi connectivity index (χ1v) is 10.4. The molecule has 2 fully saturated rings. The molecule has 10 heteroatoms. The van der Waals surface area contributed by atoms with Gasteiger partial charge >= 0.3 is 6.03 Å². The summed E-state index contributed by atoms with van der Waals surface area (Å²) in [5.41, 5.74) is 2.36. The fourth-order valence-electron chi connectivity index (χ4n) is 3.05. The second-order valence-corrected chi connectivity index (χ2v) is 8.32. The molecule has 9 nitrogen and oxygen atoms in total. The van der Waals surface area contributed by atoms with Crippen LogP contribution in [-0.4, -0.2) is 44.3 Å². The van der Waals surface area contributed by atoms with Crippen LogP contribution in [0, 0.1) is 0 Å². The van der Waals surface area contributed by atoms with Crippen molar-refractivity contribution in [1.29, 1.82) is 0 Å². The Morgan fingerprint density at radius 1 is 1.31 bits per heavy atom. The number of hydrazine groups is 1. The first-order valence-electron chi connectivity index (χ1n) is 9.41. The van der Waals surface area contributed by atoms with E-state index in [2.05, 4.69) is 20.9 Å². The van der Waals surface area contributed by atoms with Gasteiger partial charge in [0.2, 0.25) is 11.8 Å². The smallest absolute Gasteiger partial charge is 0.344 e. The van der Waals surface area contributed by atoms with E-state index in [-0.39, 0.29) is 5.75 Å². The van der Waals surface area contributed by atoms with E-state index < -0.39 is 23.4 Å². The van der Waals surface area contributed by atoms with E-state index in [4.69, 9.17) is 4.42 Å². The second-order valence-electron chi connectivity index (χ2n) is 7.39. The van der Waals surface area contributed by atoms with Gasteiger partial charge in [-0.1, -0.05) is 42.1 Å². The molecule has 29 heavy (non-hydrogen) atoms. The Morgan fingerprint density at radius 3 is 2.79 bits per heavy atom. The van der Waals surface area contributed by atoms with Crippen molar-refractivity contribution in [1.82, 2.24) is 25.9 Å². The number of hydrogen-bond acceptors (Lipinski definition) is 7. The molecule has 1 saturated heterocycles. The average molecular weight is 415 g/mol. The van der Waals surface area contributed by atoms with Gasteiger partial charge in [-0.3, -0.25) is 15.0 Å². The number of rotatable bonds is 8. The van der Waals surface area contributed by atoms with Crippen molar-refractivity contribution < 1.29 is 18.8 Å². The fourth-order valence-corrected chi connectivity index (χ4v) is 3.61. The molecule has 1 atom stereocenters. The number of nitrogens with one attached hydrogen (secondary N) is 2. The molecule has 2 N–H and O–H groups in total. The zero-order valence-corrected chi connectivity index (χ0v) is 16.7. The van der Waals surface area contributed by atoms with Crippen LogP contribution in [0.5, 0.6) is 0 Å². The summed E-state index contributed by atoms with van der Waals surface area (Å²) in [6.45, 7) is 1.66. The molecule has 1 unspecified atom stereocenters. The van der Waals surface area contributed by atoms with Crippen LogP contribution in [0.4, 0.5) is 4.79 Å². The maximum Gasteiger partial charge on any atom is 0.344 e. The molecule has 0 bridgehead atoms. The quantitative estimate of drug-likeness (QED) is 0.500. The maximum absolute atomic E-state index is 12.7. The molecule has 4 rings (SSSR count). The largest absolute Gasteiger partial charge is 0.416 e. The summed E-state index contributed by atoms with van der Waals surface area (Å²) in [4.78, 5) is 37.2. The Hall–Kier alpha value is -2.88. The number of aryl methyl sites for hydroxylation is 1. The Balaban J connectivity index is 1.30. The lowest BCUT2D eigenvalue weighted by Crippen LogP contribution is -2.49. The number of hydrogen-bond donors (Lipinski definition) is 2. The Kier molecular flexibility index (Phi) is 5.27. The van der Waals surface area contributed by atoms with Gasteiger partial charge in [0.25, 0.3) is 11.1 Å². The second kappa shape index (κ2) is 7.86. The number of amides is 4. The van der Waals surface area contributed by atoms with Crippen LogP contribution >= 0.6 is 11.8 Å². The van der Waals surface area contributed by atoms with Gasteiger partial charge in [-0.15, -0.1) is 10.2 Å². The number of imide groups is 1. The van der Waals surface area contributed by atoms with Crippen molar-refractivity contribution in [3.05, 3.63) is 41.8 Å². The molecule has 0 radical (unpaired) electrons. The van der Waals surface area contributed by atoms with Crippen molar-refractivity contribution in [3.63, 3.8) is 0 Å². The van der Waals surface area contributed by atoms with Crippen molar-refractivity contribution in [3.8, 4) is 0 Å². The van der Waals surface area contributed by atoms with E-state index in [1.807, 2.05) is 30.3 Å². The number of carbonyl (C=O) groups is 3. The van der Waals surface area contributed by atoms with Gasteiger partial charge in [-0.05, 0) is 38.2 Å².